The van der Waals surface area contributed by atoms with Crippen molar-refractivity contribution in [1.82, 2.24) is 5.32 Å². The van der Waals surface area contributed by atoms with Crippen LogP contribution < -0.4 is 5.32 Å². The molecule has 12 heteroatoms. The van der Waals surface area contributed by atoms with Crippen LogP contribution in [0, 0.1) is 0 Å². The van der Waals surface area contributed by atoms with E-state index < -0.39 is 43.4 Å². The molecule has 0 aromatic carbocycles. The number of nitrogens with one attached hydrogen (secondary N) is 1. The van der Waals surface area contributed by atoms with Crippen LogP contribution in [0.5, 0.6) is 0 Å². The van der Waals surface area contributed by atoms with Gasteiger partial charge in [-0.2, -0.15) is 0 Å². The van der Waals surface area contributed by atoms with E-state index in [0.717, 1.165) is 12.5 Å². The van der Waals surface area contributed by atoms with Crippen LogP contribution in [0.25, 0.3) is 0 Å². The fourth-order valence-corrected chi connectivity index (χ4v) is 18.1. The molecule has 0 spiro atoms. The molecule has 38 heavy (non-hydrogen) atoms. The van der Waals surface area contributed by atoms with Crippen LogP contribution >= 0.6 is 0 Å². The highest BCUT2D eigenvalue weighted by Gasteiger charge is 2.39. The van der Waals surface area contributed by atoms with E-state index >= 15 is 0 Å². The number of rotatable bonds is 21. The predicted octanol–water partition coefficient (Wildman–Crippen LogP) is 5.98. The molecule has 0 heterocycles. The minimum atomic E-state index is -2.16. The van der Waals surface area contributed by atoms with Crippen molar-refractivity contribution in [2.45, 2.75) is 111 Å². The van der Waals surface area contributed by atoms with Gasteiger partial charge in [-0.05, 0) is 78.6 Å². The number of alkyl carbamates (subject to hydrolysis) is 1. The Morgan fingerprint density at radius 1 is 0.868 bits per heavy atom. The molecule has 0 saturated heterocycles. The van der Waals surface area contributed by atoms with Crippen LogP contribution in [0.2, 0.25) is 51.4 Å². The van der Waals surface area contributed by atoms with Crippen molar-refractivity contribution in [3.05, 3.63) is 12.2 Å². The van der Waals surface area contributed by atoms with Crippen molar-refractivity contribution in [3.8, 4) is 0 Å². The van der Waals surface area contributed by atoms with Gasteiger partial charge in [0.1, 0.15) is 12.7 Å². The highest BCUT2D eigenvalue weighted by Crippen LogP contribution is 2.26. The molecule has 9 nitrogen and oxygen atoms in total. The van der Waals surface area contributed by atoms with Gasteiger partial charge in [-0.25, -0.2) is 9.59 Å². The van der Waals surface area contributed by atoms with E-state index in [0.29, 0.717) is 18.8 Å². The molecular formula is C26H55NO8Si3. The summed E-state index contributed by atoms with van der Waals surface area (Å²) in [5.41, 5.74) is 0.311. The van der Waals surface area contributed by atoms with Gasteiger partial charge in [0, 0.05) is 12.2 Å². The lowest BCUT2D eigenvalue weighted by atomic mass is 10.4. The quantitative estimate of drug-likeness (QED) is 0.0751. The summed E-state index contributed by atoms with van der Waals surface area (Å²) in [4.78, 5) is 23.1. The smallest absolute Gasteiger partial charge is 0.407 e. The summed E-state index contributed by atoms with van der Waals surface area (Å²) in [6, 6.07) is 2.21. The third-order valence-electron chi connectivity index (χ3n) is 5.47. The van der Waals surface area contributed by atoms with Gasteiger partial charge in [-0.3, -0.25) is 0 Å². The van der Waals surface area contributed by atoms with Crippen LogP contribution in [-0.4, -0.2) is 82.4 Å². The highest BCUT2D eigenvalue weighted by molar-refractivity contribution is 6.87. The second-order valence-electron chi connectivity index (χ2n) is 11.6. The van der Waals surface area contributed by atoms with Crippen molar-refractivity contribution in [2.24, 2.45) is 0 Å². The Balaban J connectivity index is 4.09. The van der Waals surface area contributed by atoms with Gasteiger partial charge in [0.2, 0.25) is 0 Å². The van der Waals surface area contributed by atoms with Crippen LogP contribution in [0.4, 0.5) is 4.79 Å². The molecule has 0 rings (SSSR count). The maximum absolute atomic E-state index is 11.8. The number of carbonyl (C=O) groups is 2. The Morgan fingerprint density at radius 2 is 1.45 bits per heavy atom. The minimum Gasteiger partial charge on any atom is -0.460 e. The van der Waals surface area contributed by atoms with E-state index in [9.17, 15) is 9.59 Å². The Kier molecular flexibility index (Phi) is 17.8. The SMILES string of the molecule is C=C(C)C(=O)OCCNC(=O)OC(C)COC(C)COCCC[Si](C)(C)O[Si](C)(C)O[Si](C)(C)CCCC. The second-order valence-corrected chi connectivity index (χ2v) is 24.1. The van der Waals surface area contributed by atoms with E-state index in [4.69, 9.17) is 27.2 Å². The van der Waals surface area contributed by atoms with E-state index in [1.807, 2.05) is 6.92 Å². The standard InChI is InChI=1S/C26H55NO8Si3/c1-12-13-18-36(6,7)34-38(10,11)35-37(8,9)19-14-16-30-20-23(4)32-21-24(5)33-26(29)27-15-17-31-25(28)22(2)3/h23-24H,2,12-21H2,1,3-11H3,(H,27,29). The molecule has 0 aromatic heterocycles. The van der Waals surface area contributed by atoms with E-state index in [-0.39, 0.29) is 25.9 Å². The van der Waals surface area contributed by atoms with E-state index in [1.54, 1.807) is 13.8 Å². The first-order valence-electron chi connectivity index (χ1n) is 13.9. The van der Waals surface area contributed by atoms with Gasteiger partial charge < -0.3 is 32.5 Å². The molecule has 0 radical (unpaired) electrons. The van der Waals surface area contributed by atoms with Crippen LogP contribution in [0.1, 0.15) is 47.0 Å². The van der Waals surface area contributed by atoms with Crippen molar-refractivity contribution < 1.29 is 36.8 Å². The Labute approximate surface area is 234 Å². The summed E-state index contributed by atoms with van der Waals surface area (Å²) in [5.74, 6) is -0.490. The van der Waals surface area contributed by atoms with E-state index in [2.05, 4.69) is 58.1 Å². The molecule has 0 aliphatic carbocycles. The Bertz CT molecular complexity index is 719. The zero-order chi connectivity index (χ0) is 29.4. The third-order valence-corrected chi connectivity index (χ3v) is 16.9. The maximum Gasteiger partial charge on any atom is 0.407 e. The Hall–Kier alpha value is -1.03. The molecule has 0 aliphatic heterocycles. The first-order chi connectivity index (χ1) is 17.5. The largest absolute Gasteiger partial charge is 0.460 e. The second kappa shape index (κ2) is 18.3. The van der Waals surface area contributed by atoms with Crippen LogP contribution in [0.3, 0.4) is 0 Å². The number of amides is 1. The molecule has 1 N–H and O–H groups in total. The predicted molar refractivity (Wildman–Crippen MR) is 160 cm³/mol. The molecule has 0 fully saturated rings. The number of hydrogen-bond acceptors (Lipinski definition) is 8. The number of hydrogen-bond donors (Lipinski definition) is 1. The molecule has 0 bridgehead atoms. The summed E-state index contributed by atoms with van der Waals surface area (Å²) < 4.78 is 35.0. The summed E-state index contributed by atoms with van der Waals surface area (Å²) >= 11 is 0. The molecule has 1 amide bonds. The monoisotopic (exact) mass is 593 g/mol. The van der Waals surface area contributed by atoms with Crippen molar-refractivity contribution in [3.63, 3.8) is 0 Å². The van der Waals surface area contributed by atoms with Gasteiger partial charge in [-0.15, -0.1) is 0 Å². The lowest BCUT2D eigenvalue weighted by Gasteiger charge is -2.38. The van der Waals surface area contributed by atoms with Gasteiger partial charge in [0.15, 0.2) is 16.6 Å². The van der Waals surface area contributed by atoms with Gasteiger partial charge >= 0.3 is 20.6 Å². The highest BCUT2D eigenvalue weighted by atomic mass is 28.5. The van der Waals surface area contributed by atoms with Crippen LogP contribution in [-0.2, 0) is 32.0 Å². The van der Waals surface area contributed by atoms with Crippen molar-refractivity contribution in [2.75, 3.05) is 33.0 Å². The topological polar surface area (TPSA) is 102 Å². The maximum atomic E-state index is 11.8. The van der Waals surface area contributed by atoms with Crippen molar-refractivity contribution >= 4 is 37.3 Å². The number of esters is 1. The average molecular weight is 594 g/mol. The number of carbonyl (C=O) groups excluding carboxylic acids is 2. The normalized spacial score (nSPS) is 14.1. The Morgan fingerprint density at radius 3 is 2.00 bits per heavy atom. The summed E-state index contributed by atoms with van der Waals surface area (Å²) in [6.45, 7) is 26.1. The molecule has 2 atom stereocenters. The lowest BCUT2D eigenvalue weighted by Crippen LogP contribution is -2.52. The van der Waals surface area contributed by atoms with E-state index in [1.165, 1.54) is 18.9 Å². The lowest BCUT2D eigenvalue weighted by molar-refractivity contribution is -0.138. The van der Waals surface area contributed by atoms with Crippen molar-refractivity contribution in [1.29, 1.82) is 0 Å². The fraction of sp³-hybridized carbons (Fsp3) is 0.846. The van der Waals surface area contributed by atoms with Gasteiger partial charge in [-0.1, -0.05) is 26.3 Å². The molecule has 0 aromatic rings. The molecule has 0 saturated carbocycles. The molecule has 0 aliphatic rings. The summed E-state index contributed by atoms with van der Waals surface area (Å²) in [7, 11) is -5.70. The van der Waals surface area contributed by atoms with Gasteiger partial charge in [0.05, 0.1) is 25.9 Å². The zero-order valence-corrected chi connectivity index (χ0v) is 28.7. The van der Waals surface area contributed by atoms with Gasteiger partial charge in [0.25, 0.3) is 0 Å². The third kappa shape index (κ3) is 20.0. The first-order valence-corrected chi connectivity index (χ1v) is 22.9. The summed E-state index contributed by atoms with van der Waals surface area (Å²) in [5, 5.41) is 2.53. The first kappa shape index (κ1) is 37.0. The summed E-state index contributed by atoms with van der Waals surface area (Å²) in [6.07, 6.45) is 2.23. The molecule has 224 valence electrons. The number of unbranched alkanes of at least 4 members (excludes halogenated alkanes) is 1. The number of ether oxygens (including phenoxy) is 4. The minimum absolute atomic E-state index is 0.0537. The fourth-order valence-electron chi connectivity index (χ4n) is 3.93. The van der Waals surface area contributed by atoms with Crippen LogP contribution in [0.15, 0.2) is 12.2 Å². The molecular weight excluding hydrogens is 539 g/mol. The average Bonchev–Trinajstić information content (AvgIpc) is 2.77. The zero-order valence-electron chi connectivity index (χ0n) is 25.7. The molecule has 2 unspecified atom stereocenters.